The highest BCUT2D eigenvalue weighted by molar-refractivity contribution is 5.99. The number of nitrogens with one attached hydrogen (secondary N) is 1. The van der Waals surface area contributed by atoms with E-state index in [9.17, 15) is 4.79 Å². The second-order valence-corrected chi connectivity index (χ2v) is 5.42. The molecular weight excluding hydrogens is 302 g/mol. The Hall–Kier alpha value is -3.21. The molecule has 0 atom stereocenters. The Balaban J connectivity index is 1.73. The van der Waals surface area contributed by atoms with Crippen molar-refractivity contribution in [2.24, 2.45) is 5.10 Å². The van der Waals surface area contributed by atoms with Crippen LogP contribution in [-0.2, 0) is 0 Å². The van der Waals surface area contributed by atoms with E-state index in [4.69, 9.17) is 4.42 Å². The molecule has 1 aromatic carbocycles. The zero-order chi connectivity index (χ0) is 16.9. The van der Waals surface area contributed by atoms with Crippen molar-refractivity contribution in [3.05, 3.63) is 71.3 Å². The standard InChI is InChI=1S/C19H17N3O2/c1-13(10-16-7-5-9-24-16)12-20-22-19(23)17-11-15-6-3-4-8-18(15)21-14(17)2/h3-12H,1-2H3,(H,22,23)/b13-10-,20-12-. The second kappa shape index (κ2) is 6.91. The van der Waals surface area contributed by atoms with E-state index < -0.39 is 0 Å². The number of hydrogen-bond donors (Lipinski definition) is 1. The predicted octanol–water partition coefficient (Wildman–Crippen LogP) is 3.96. The smallest absolute Gasteiger partial charge is 0.273 e. The van der Waals surface area contributed by atoms with Gasteiger partial charge in [-0.25, -0.2) is 5.43 Å². The van der Waals surface area contributed by atoms with Crippen LogP contribution >= 0.6 is 0 Å². The minimum atomic E-state index is -0.284. The Morgan fingerprint density at radius 1 is 1.25 bits per heavy atom. The number of aryl methyl sites for hydroxylation is 1. The van der Waals surface area contributed by atoms with E-state index in [1.807, 2.05) is 62.4 Å². The summed E-state index contributed by atoms with van der Waals surface area (Å²) in [6, 6.07) is 13.2. The van der Waals surface area contributed by atoms with Gasteiger partial charge in [0.25, 0.3) is 5.91 Å². The van der Waals surface area contributed by atoms with Crippen molar-refractivity contribution in [3.8, 4) is 0 Å². The Bertz CT molecular complexity index is 925. The SMILES string of the molecule is CC(/C=N\NC(=O)c1cc2ccccc2nc1C)=C/c1ccco1. The molecule has 5 nitrogen and oxygen atoms in total. The summed E-state index contributed by atoms with van der Waals surface area (Å²) < 4.78 is 5.22. The van der Waals surface area contributed by atoms with E-state index in [1.165, 1.54) is 0 Å². The van der Waals surface area contributed by atoms with Crippen LogP contribution in [0.5, 0.6) is 0 Å². The van der Waals surface area contributed by atoms with Gasteiger partial charge in [-0.05, 0) is 49.8 Å². The summed E-state index contributed by atoms with van der Waals surface area (Å²) in [6.07, 6.45) is 5.01. The van der Waals surface area contributed by atoms with Gasteiger partial charge in [-0.2, -0.15) is 5.10 Å². The van der Waals surface area contributed by atoms with Crippen LogP contribution in [0.4, 0.5) is 0 Å². The summed E-state index contributed by atoms with van der Waals surface area (Å²) in [6.45, 7) is 3.69. The molecule has 0 aliphatic heterocycles. The Morgan fingerprint density at radius 2 is 2.08 bits per heavy atom. The van der Waals surface area contributed by atoms with Crippen molar-refractivity contribution in [1.29, 1.82) is 0 Å². The first-order chi connectivity index (χ1) is 11.6. The molecule has 0 fully saturated rings. The van der Waals surface area contributed by atoms with Crippen LogP contribution in [0.1, 0.15) is 28.7 Å². The Kier molecular flexibility index (Phi) is 4.52. The third kappa shape index (κ3) is 3.57. The third-order valence-electron chi connectivity index (χ3n) is 3.51. The van der Waals surface area contributed by atoms with Crippen LogP contribution in [0.15, 0.2) is 63.8 Å². The van der Waals surface area contributed by atoms with Gasteiger partial charge in [0, 0.05) is 5.39 Å². The summed E-state index contributed by atoms with van der Waals surface area (Å²) in [5.41, 5.74) is 5.44. The Labute approximate surface area is 139 Å². The van der Waals surface area contributed by atoms with Crippen molar-refractivity contribution in [2.45, 2.75) is 13.8 Å². The van der Waals surface area contributed by atoms with E-state index >= 15 is 0 Å². The van der Waals surface area contributed by atoms with Crippen molar-refractivity contribution in [3.63, 3.8) is 0 Å². The van der Waals surface area contributed by atoms with E-state index in [2.05, 4.69) is 15.5 Å². The van der Waals surface area contributed by atoms with Gasteiger partial charge in [0.15, 0.2) is 0 Å². The van der Waals surface area contributed by atoms with Gasteiger partial charge in [0.1, 0.15) is 5.76 Å². The number of benzene rings is 1. The number of amides is 1. The summed E-state index contributed by atoms with van der Waals surface area (Å²) in [5, 5.41) is 4.91. The molecule has 0 aliphatic rings. The lowest BCUT2D eigenvalue weighted by Gasteiger charge is -2.06. The van der Waals surface area contributed by atoms with Crippen LogP contribution < -0.4 is 5.43 Å². The number of pyridine rings is 1. The number of para-hydroxylation sites is 1. The lowest BCUT2D eigenvalue weighted by atomic mass is 10.1. The van der Waals surface area contributed by atoms with Gasteiger partial charge in [0.05, 0.1) is 29.3 Å². The highest BCUT2D eigenvalue weighted by Crippen LogP contribution is 2.16. The fourth-order valence-electron chi connectivity index (χ4n) is 2.33. The van der Waals surface area contributed by atoms with E-state index in [0.717, 1.165) is 22.2 Å². The van der Waals surface area contributed by atoms with Crippen LogP contribution in [0.25, 0.3) is 17.0 Å². The molecule has 5 heteroatoms. The quantitative estimate of drug-likeness (QED) is 0.585. The summed E-state index contributed by atoms with van der Waals surface area (Å²) in [5.74, 6) is 0.452. The topological polar surface area (TPSA) is 67.5 Å². The van der Waals surface area contributed by atoms with Crippen LogP contribution in [-0.4, -0.2) is 17.1 Å². The fraction of sp³-hybridized carbons (Fsp3) is 0.105. The first-order valence-electron chi connectivity index (χ1n) is 7.55. The zero-order valence-electron chi connectivity index (χ0n) is 13.5. The maximum Gasteiger partial charge on any atom is 0.273 e. The molecule has 1 N–H and O–H groups in total. The molecule has 0 unspecified atom stereocenters. The number of carbonyl (C=O) groups is 1. The lowest BCUT2D eigenvalue weighted by Crippen LogP contribution is -2.19. The van der Waals surface area contributed by atoms with Crippen molar-refractivity contribution in [2.75, 3.05) is 0 Å². The van der Waals surface area contributed by atoms with Crippen LogP contribution in [0.3, 0.4) is 0 Å². The number of hydrogen-bond acceptors (Lipinski definition) is 4. The fourth-order valence-corrected chi connectivity index (χ4v) is 2.33. The summed E-state index contributed by atoms with van der Waals surface area (Å²) in [7, 11) is 0. The molecule has 0 saturated heterocycles. The number of carbonyl (C=O) groups excluding carboxylic acids is 1. The second-order valence-electron chi connectivity index (χ2n) is 5.42. The predicted molar refractivity (Wildman–Crippen MR) is 94.8 cm³/mol. The molecule has 1 amide bonds. The lowest BCUT2D eigenvalue weighted by molar-refractivity contribution is 0.0954. The highest BCUT2D eigenvalue weighted by Gasteiger charge is 2.10. The first kappa shape index (κ1) is 15.7. The molecule has 3 rings (SSSR count). The molecule has 0 saturated carbocycles. The van der Waals surface area contributed by atoms with Gasteiger partial charge in [0.2, 0.25) is 0 Å². The molecule has 3 aromatic rings. The van der Waals surface area contributed by atoms with Crippen molar-refractivity contribution < 1.29 is 9.21 Å². The molecule has 0 aliphatic carbocycles. The van der Waals surface area contributed by atoms with Gasteiger partial charge >= 0.3 is 0 Å². The molecular formula is C19H17N3O2. The van der Waals surface area contributed by atoms with Crippen LogP contribution in [0, 0.1) is 6.92 Å². The maximum absolute atomic E-state index is 12.3. The van der Waals surface area contributed by atoms with Crippen molar-refractivity contribution >= 4 is 29.1 Å². The molecule has 120 valence electrons. The average Bonchev–Trinajstić information content (AvgIpc) is 3.07. The van der Waals surface area contributed by atoms with E-state index in [-0.39, 0.29) is 5.91 Å². The number of nitrogens with zero attached hydrogens (tertiary/aromatic N) is 2. The van der Waals surface area contributed by atoms with E-state index in [0.29, 0.717) is 11.3 Å². The molecule has 0 spiro atoms. The normalized spacial score (nSPS) is 12.0. The minimum Gasteiger partial charge on any atom is -0.465 e. The van der Waals surface area contributed by atoms with Crippen LogP contribution in [0.2, 0.25) is 0 Å². The van der Waals surface area contributed by atoms with Gasteiger partial charge in [-0.3, -0.25) is 9.78 Å². The largest absolute Gasteiger partial charge is 0.465 e. The number of fused-ring (bicyclic) bond motifs is 1. The average molecular weight is 319 g/mol. The van der Waals surface area contributed by atoms with Crippen molar-refractivity contribution in [1.82, 2.24) is 10.4 Å². The number of allylic oxidation sites excluding steroid dienone is 1. The molecule has 0 radical (unpaired) electrons. The first-order valence-corrected chi connectivity index (χ1v) is 7.55. The molecule has 24 heavy (non-hydrogen) atoms. The summed E-state index contributed by atoms with van der Waals surface area (Å²) in [4.78, 5) is 16.8. The number of aromatic nitrogens is 1. The maximum atomic E-state index is 12.3. The number of hydrazone groups is 1. The zero-order valence-corrected chi connectivity index (χ0v) is 13.5. The Morgan fingerprint density at radius 3 is 2.88 bits per heavy atom. The number of furan rings is 1. The molecule has 0 bridgehead atoms. The monoisotopic (exact) mass is 319 g/mol. The minimum absolute atomic E-state index is 0.284. The molecule has 2 aromatic heterocycles. The van der Waals surface area contributed by atoms with Gasteiger partial charge < -0.3 is 4.42 Å². The van der Waals surface area contributed by atoms with Gasteiger partial charge in [-0.1, -0.05) is 18.2 Å². The number of rotatable bonds is 4. The van der Waals surface area contributed by atoms with E-state index in [1.54, 1.807) is 12.5 Å². The summed E-state index contributed by atoms with van der Waals surface area (Å²) >= 11 is 0. The highest BCUT2D eigenvalue weighted by atomic mass is 16.3. The molecule has 2 heterocycles. The third-order valence-corrected chi connectivity index (χ3v) is 3.51. The van der Waals surface area contributed by atoms with Gasteiger partial charge in [-0.15, -0.1) is 0 Å².